The smallest absolute Gasteiger partial charge is 0.414 e. The number of nitrogens with one attached hydrogen (secondary N) is 2. The Bertz CT molecular complexity index is 817. The molecular formula is C25H44N6O6. The number of rotatable bonds is 7. The van der Waals surface area contributed by atoms with Crippen LogP contribution in [-0.2, 0) is 19.0 Å². The third-order valence-electron chi connectivity index (χ3n) is 7.38. The van der Waals surface area contributed by atoms with E-state index in [4.69, 9.17) is 19.6 Å². The molecule has 3 rings (SSSR count). The first-order chi connectivity index (χ1) is 17.5. The van der Waals surface area contributed by atoms with Crippen molar-refractivity contribution in [3.05, 3.63) is 0 Å². The summed E-state index contributed by atoms with van der Waals surface area (Å²) in [5.41, 5.74) is -0.605. The fraction of sp³-hybridized carbons (Fsp3) is 0.840. The lowest BCUT2D eigenvalue weighted by Crippen LogP contribution is -2.54. The number of carbonyl (C=O) groups is 3. The third-order valence-corrected chi connectivity index (χ3v) is 7.38. The summed E-state index contributed by atoms with van der Waals surface area (Å²) in [6.45, 7) is 10.7. The second-order valence-corrected chi connectivity index (χ2v) is 11.1. The molecule has 3 fully saturated rings. The number of amides is 2. The van der Waals surface area contributed by atoms with E-state index in [0.29, 0.717) is 32.0 Å². The van der Waals surface area contributed by atoms with E-state index >= 15 is 0 Å². The Morgan fingerprint density at radius 1 is 1.08 bits per heavy atom. The molecule has 210 valence electrons. The summed E-state index contributed by atoms with van der Waals surface area (Å²) < 4.78 is 15.7. The van der Waals surface area contributed by atoms with Crippen LogP contribution in [0.4, 0.5) is 9.59 Å². The molecule has 0 aromatic rings. The van der Waals surface area contributed by atoms with Crippen molar-refractivity contribution < 1.29 is 28.6 Å². The fourth-order valence-corrected chi connectivity index (χ4v) is 5.17. The number of cyclic esters (lactones) is 1. The van der Waals surface area contributed by atoms with Gasteiger partial charge in [-0.3, -0.25) is 20.4 Å². The number of piperidine rings is 1. The van der Waals surface area contributed by atoms with Crippen LogP contribution in [0, 0.1) is 11.3 Å². The highest BCUT2D eigenvalue weighted by Crippen LogP contribution is 2.30. The molecule has 0 radical (unpaired) electrons. The molecule has 2 N–H and O–H groups in total. The summed E-state index contributed by atoms with van der Waals surface area (Å²) in [5, 5.41) is 10.7. The number of hydrogen-bond acceptors (Lipinski definition) is 9. The minimum absolute atomic E-state index is 0.000664. The van der Waals surface area contributed by atoms with Crippen molar-refractivity contribution in [2.45, 2.75) is 70.7 Å². The van der Waals surface area contributed by atoms with E-state index in [-0.39, 0.29) is 30.3 Å². The normalized spacial score (nSPS) is 24.1. The number of likely N-dealkylation sites (N-methyl/N-ethyl adjacent to an activating group) is 1. The average molecular weight is 525 g/mol. The number of carbonyl (C=O) groups excluding carboxylic acids is 3. The van der Waals surface area contributed by atoms with Crippen LogP contribution in [-0.4, -0.2) is 122 Å². The highest BCUT2D eigenvalue weighted by Gasteiger charge is 2.43. The molecular weight excluding hydrogens is 480 g/mol. The van der Waals surface area contributed by atoms with Gasteiger partial charge < -0.3 is 28.9 Å². The largest absolute Gasteiger partial charge is 0.469 e. The van der Waals surface area contributed by atoms with E-state index < -0.39 is 11.7 Å². The molecule has 2 amide bonds. The Labute approximate surface area is 220 Å². The van der Waals surface area contributed by atoms with Gasteiger partial charge in [0.25, 0.3) is 0 Å². The minimum Gasteiger partial charge on any atom is -0.469 e. The first-order valence-corrected chi connectivity index (χ1v) is 13.3. The number of ether oxygens (including phenoxy) is 3. The van der Waals surface area contributed by atoms with Crippen LogP contribution in [0.1, 0.15) is 52.9 Å². The van der Waals surface area contributed by atoms with E-state index in [1.807, 2.05) is 11.9 Å². The molecule has 2 unspecified atom stereocenters. The first kappa shape index (κ1) is 29.0. The molecule has 3 heterocycles. The maximum absolute atomic E-state index is 12.4. The lowest BCUT2D eigenvalue weighted by atomic mass is 9.90. The van der Waals surface area contributed by atoms with Gasteiger partial charge in [0.05, 0.1) is 19.6 Å². The molecule has 12 nitrogen and oxygen atoms in total. The highest BCUT2D eigenvalue weighted by molar-refractivity contribution is 5.92. The average Bonchev–Trinajstić information content (AvgIpc) is 3.13. The summed E-state index contributed by atoms with van der Waals surface area (Å²) in [5.74, 6) is 0.370. The maximum atomic E-state index is 12.4. The van der Waals surface area contributed by atoms with Crippen molar-refractivity contribution in [3.8, 4) is 0 Å². The predicted molar refractivity (Wildman–Crippen MR) is 137 cm³/mol. The van der Waals surface area contributed by atoms with Crippen LogP contribution < -0.4 is 5.32 Å². The highest BCUT2D eigenvalue weighted by atomic mass is 16.6. The van der Waals surface area contributed by atoms with Crippen molar-refractivity contribution in [1.82, 2.24) is 24.9 Å². The van der Waals surface area contributed by atoms with Gasteiger partial charge in [-0.05, 0) is 52.4 Å². The van der Waals surface area contributed by atoms with E-state index in [1.165, 1.54) is 7.11 Å². The molecule has 2 atom stereocenters. The number of nitrogens with zero attached hydrogens (tertiary/aromatic N) is 4. The fourth-order valence-electron chi connectivity index (χ4n) is 5.17. The van der Waals surface area contributed by atoms with Gasteiger partial charge in [-0.2, -0.15) is 0 Å². The molecule has 12 heteroatoms. The monoisotopic (exact) mass is 524 g/mol. The predicted octanol–water partition coefficient (Wildman–Crippen LogP) is 1.90. The Hall–Kier alpha value is -2.60. The minimum atomic E-state index is -0.607. The number of esters is 1. The summed E-state index contributed by atoms with van der Waals surface area (Å²) in [4.78, 5) is 43.9. The van der Waals surface area contributed by atoms with Gasteiger partial charge >= 0.3 is 18.2 Å². The second kappa shape index (κ2) is 12.8. The lowest BCUT2D eigenvalue weighted by Gasteiger charge is -2.39. The van der Waals surface area contributed by atoms with E-state index in [9.17, 15) is 14.4 Å². The molecule has 3 aliphatic rings. The summed E-state index contributed by atoms with van der Waals surface area (Å²) in [6.07, 6.45) is 2.92. The molecule has 0 aliphatic carbocycles. The van der Waals surface area contributed by atoms with Crippen LogP contribution in [0.15, 0.2) is 0 Å². The van der Waals surface area contributed by atoms with Crippen LogP contribution in [0.25, 0.3) is 0 Å². The molecule has 0 saturated carbocycles. The van der Waals surface area contributed by atoms with Gasteiger partial charge in [-0.15, -0.1) is 0 Å². The summed E-state index contributed by atoms with van der Waals surface area (Å²) >= 11 is 0. The Kier molecular flexibility index (Phi) is 10.00. The third kappa shape index (κ3) is 8.46. The van der Waals surface area contributed by atoms with Crippen LogP contribution in [0.3, 0.4) is 0 Å². The van der Waals surface area contributed by atoms with E-state index in [1.54, 1.807) is 25.7 Å². The Morgan fingerprint density at radius 2 is 1.73 bits per heavy atom. The van der Waals surface area contributed by atoms with Crippen LogP contribution in [0.2, 0.25) is 0 Å². The first-order valence-electron chi connectivity index (χ1n) is 13.3. The zero-order valence-electron chi connectivity index (χ0n) is 23.0. The number of methoxy groups -OCH3 is 1. The lowest BCUT2D eigenvalue weighted by molar-refractivity contribution is -0.141. The summed E-state index contributed by atoms with van der Waals surface area (Å²) in [6, 6.07) is -0.000664. The number of guanidine groups is 1. The van der Waals surface area contributed by atoms with Crippen molar-refractivity contribution in [3.63, 3.8) is 0 Å². The Morgan fingerprint density at radius 3 is 2.32 bits per heavy atom. The second-order valence-electron chi connectivity index (χ2n) is 11.1. The number of piperazine rings is 1. The SMILES string of the molecule is COC(=O)CCN1CCN(C2OC(=O)N(C)C2CCC2CCN(C(=N)NC(=O)OC(C)(C)C)CC2)CC1. The van der Waals surface area contributed by atoms with Crippen LogP contribution >= 0.6 is 0 Å². The molecule has 3 aliphatic heterocycles. The van der Waals surface area contributed by atoms with Gasteiger partial charge in [0.2, 0.25) is 5.96 Å². The molecule has 0 bridgehead atoms. The van der Waals surface area contributed by atoms with Crippen molar-refractivity contribution in [2.75, 3.05) is 60.0 Å². The molecule has 0 spiro atoms. The standard InChI is InChI=1S/C25H44N6O6/c1-25(2,3)37-23(33)27-22(26)31-12-8-18(9-13-31)6-7-19-21(36-24(34)28(19)4)30-16-14-29(15-17-30)11-10-20(32)35-5/h18-19,21H,6-17H2,1-5H3,(H2,26,27,33). The van der Waals surface area contributed by atoms with Crippen LogP contribution in [0.5, 0.6) is 0 Å². The Balaban J connectivity index is 1.42. The molecule has 37 heavy (non-hydrogen) atoms. The van der Waals surface area contributed by atoms with E-state index in [0.717, 1.165) is 51.9 Å². The molecule has 3 saturated heterocycles. The zero-order chi connectivity index (χ0) is 27.2. The van der Waals surface area contributed by atoms with Gasteiger partial charge in [0, 0.05) is 52.9 Å². The van der Waals surface area contributed by atoms with Crippen molar-refractivity contribution in [2.24, 2.45) is 5.92 Å². The number of likely N-dealkylation sites (tertiary alicyclic amines) is 1. The van der Waals surface area contributed by atoms with Gasteiger partial charge in [0.1, 0.15) is 5.60 Å². The van der Waals surface area contributed by atoms with Crippen molar-refractivity contribution >= 4 is 24.1 Å². The van der Waals surface area contributed by atoms with Crippen molar-refractivity contribution in [1.29, 1.82) is 5.41 Å². The van der Waals surface area contributed by atoms with Gasteiger partial charge in [-0.25, -0.2) is 9.59 Å². The number of alkyl carbamates (subject to hydrolysis) is 1. The molecule has 0 aromatic heterocycles. The topological polar surface area (TPSA) is 128 Å². The van der Waals surface area contributed by atoms with E-state index in [2.05, 4.69) is 15.1 Å². The molecule has 0 aromatic carbocycles. The maximum Gasteiger partial charge on any atom is 0.414 e. The summed E-state index contributed by atoms with van der Waals surface area (Å²) in [7, 11) is 3.22. The van der Waals surface area contributed by atoms with Gasteiger partial charge in [-0.1, -0.05) is 0 Å². The number of hydrogen-bond donors (Lipinski definition) is 2. The zero-order valence-corrected chi connectivity index (χ0v) is 23.0. The van der Waals surface area contributed by atoms with Gasteiger partial charge in [0.15, 0.2) is 6.23 Å². The quantitative estimate of drug-likeness (QED) is 0.222.